The molecule has 10 heteroatoms. The Labute approximate surface area is 186 Å². The van der Waals surface area contributed by atoms with Crippen LogP contribution in [0.4, 0.5) is 18.0 Å². The zero-order valence-corrected chi connectivity index (χ0v) is 17.1. The first-order valence-corrected chi connectivity index (χ1v) is 10.2. The Bertz CT molecular complexity index is 1200. The lowest BCUT2D eigenvalue weighted by atomic mass is 9.98. The van der Waals surface area contributed by atoms with Crippen molar-refractivity contribution in [2.24, 2.45) is 0 Å². The van der Waals surface area contributed by atoms with E-state index in [2.05, 4.69) is 5.10 Å². The number of carboxylic acids is 1. The number of carboxylic acid groups (broad SMARTS) is 1. The predicted molar refractivity (Wildman–Crippen MR) is 110 cm³/mol. The zero-order chi connectivity index (χ0) is 23.3. The fourth-order valence-electron chi connectivity index (χ4n) is 4.40. The highest BCUT2D eigenvalue weighted by Gasteiger charge is 2.42. The van der Waals surface area contributed by atoms with Crippen LogP contribution in [0, 0.1) is 0 Å². The van der Waals surface area contributed by atoms with Crippen molar-refractivity contribution in [3.05, 3.63) is 77.1 Å². The van der Waals surface area contributed by atoms with Crippen molar-refractivity contribution in [3.8, 4) is 11.1 Å². The largest absolute Gasteiger partial charge is 0.478 e. The van der Waals surface area contributed by atoms with Gasteiger partial charge in [-0.2, -0.15) is 18.3 Å². The van der Waals surface area contributed by atoms with Crippen LogP contribution in [0.15, 0.2) is 54.7 Å². The summed E-state index contributed by atoms with van der Waals surface area (Å²) in [5.74, 6) is -1.81. The molecular formula is C23H18F3N3O4. The number of rotatable bonds is 4. The molecule has 0 atom stereocenters. The molecule has 1 aliphatic heterocycles. The summed E-state index contributed by atoms with van der Waals surface area (Å²) in [6, 6.07) is 15.3. The molecule has 0 spiro atoms. The van der Waals surface area contributed by atoms with Gasteiger partial charge >= 0.3 is 18.2 Å². The number of carbonyl (C=O) groups excluding carboxylic acids is 1. The molecular weight excluding hydrogens is 439 g/mol. The second kappa shape index (κ2) is 7.65. The van der Waals surface area contributed by atoms with E-state index in [1.54, 1.807) is 0 Å². The molecule has 2 aliphatic rings. The van der Waals surface area contributed by atoms with Crippen molar-refractivity contribution >= 4 is 12.1 Å². The Morgan fingerprint density at radius 2 is 1.61 bits per heavy atom. The molecule has 5 rings (SSSR count). The SMILES string of the molecule is O=C(O)c1cn(C2CN(C(=O)OCC3c4ccccc4-c4ccccc43)C2)nc1C(F)(F)F. The highest BCUT2D eigenvalue weighted by atomic mass is 19.4. The minimum absolute atomic E-state index is 0.0781. The summed E-state index contributed by atoms with van der Waals surface area (Å²) in [5.41, 5.74) is 1.99. The van der Waals surface area contributed by atoms with E-state index in [9.17, 15) is 22.8 Å². The lowest BCUT2D eigenvalue weighted by Crippen LogP contribution is -2.51. The van der Waals surface area contributed by atoms with Crippen molar-refractivity contribution in [1.29, 1.82) is 0 Å². The molecule has 2 aromatic carbocycles. The number of hydrogen-bond donors (Lipinski definition) is 1. The predicted octanol–water partition coefficient (Wildman–Crippen LogP) is 4.41. The number of ether oxygens (including phenoxy) is 1. The van der Waals surface area contributed by atoms with Crippen LogP contribution in [-0.2, 0) is 10.9 Å². The second-order valence-electron chi connectivity index (χ2n) is 8.04. The molecule has 33 heavy (non-hydrogen) atoms. The molecule has 1 N–H and O–H groups in total. The minimum atomic E-state index is -4.88. The third kappa shape index (κ3) is 3.61. The number of aromatic carboxylic acids is 1. The van der Waals surface area contributed by atoms with Crippen molar-refractivity contribution in [1.82, 2.24) is 14.7 Å². The first-order valence-electron chi connectivity index (χ1n) is 10.2. The Balaban J connectivity index is 1.24. The van der Waals surface area contributed by atoms with E-state index in [1.165, 1.54) is 4.90 Å². The molecule has 170 valence electrons. The molecule has 0 bridgehead atoms. The maximum atomic E-state index is 13.0. The van der Waals surface area contributed by atoms with Gasteiger partial charge in [0.1, 0.15) is 12.2 Å². The highest BCUT2D eigenvalue weighted by Crippen LogP contribution is 2.44. The van der Waals surface area contributed by atoms with Crippen LogP contribution in [0.25, 0.3) is 11.1 Å². The number of aromatic nitrogens is 2. The van der Waals surface area contributed by atoms with Crippen molar-refractivity contribution < 1.29 is 32.6 Å². The van der Waals surface area contributed by atoms with Gasteiger partial charge in [0.25, 0.3) is 0 Å². The number of fused-ring (bicyclic) bond motifs is 3. The molecule has 1 fully saturated rings. The van der Waals surface area contributed by atoms with Crippen LogP contribution in [0.3, 0.4) is 0 Å². The molecule has 1 saturated heterocycles. The van der Waals surface area contributed by atoms with Gasteiger partial charge in [-0.3, -0.25) is 4.68 Å². The Morgan fingerprint density at radius 1 is 1.03 bits per heavy atom. The number of likely N-dealkylation sites (tertiary alicyclic amines) is 1. The Morgan fingerprint density at radius 3 is 2.12 bits per heavy atom. The third-order valence-corrected chi connectivity index (χ3v) is 6.06. The van der Waals surface area contributed by atoms with Gasteiger partial charge in [0.15, 0.2) is 5.69 Å². The van der Waals surface area contributed by atoms with Crippen LogP contribution in [0.1, 0.15) is 39.1 Å². The smallest absolute Gasteiger partial charge is 0.436 e. The van der Waals surface area contributed by atoms with Crippen LogP contribution in [0.5, 0.6) is 0 Å². The van der Waals surface area contributed by atoms with E-state index >= 15 is 0 Å². The molecule has 0 radical (unpaired) electrons. The van der Waals surface area contributed by atoms with Crippen LogP contribution in [0.2, 0.25) is 0 Å². The van der Waals surface area contributed by atoms with Crippen molar-refractivity contribution in [3.63, 3.8) is 0 Å². The average molecular weight is 457 g/mol. The average Bonchev–Trinajstić information content (AvgIpc) is 3.32. The monoisotopic (exact) mass is 457 g/mol. The maximum Gasteiger partial charge on any atom is 0.436 e. The number of carbonyl (C=O) groups is 2. The Kier molecular flexibility index (Phi) is 4.88. The van der Waals surface area contributed by atoms with Gasteiger partial charge in [-0.25, -0.2) is 9.59 Å². The number of halogens is 3. The molecule has 2 heterocycles. The van der Waals surface area contributed by atoms with Gasteiger partial charge in [0.2, 0.25) is 0 Å². The topological polar surface area (TPSA) is 84.7 Å². The van der Waals surface area contributed by atoms with Gasteiger partial charge in [-0.1, -0.05) is 48.5 Å². The fraction of sp³-hybridized carbons (Fsp3) is 0.261. The van der Waals surface area contributed by atoms with Crippen LogP contribution in [-0.4, -0.2) is 51.5 Å². The molecule has 3 aromatic rings. The van der Waals surface area contributed by atoms with E-state index in [0.717, 1.165) is 33.1 Å². The third-order valence-electron chi connectivity index (χ3n) is 6.06. The molecule has 7 nitrogen and oxygen atoms in total. The summed E-state index contributed by atoms with van der Waals surface area (Å²) >= 11 is 0. The number of alkyl halides is 3. The van der Waals surface area contributed by atoms with E-state index in [-0.39, 0.29) is 25.6 Å². The van der Waals surface area contributed by atoms with Crippen LogP contribution >= 0.6 is 0 Å². The lowest BCUT2D eigenvalue weighted by Gasteiger charge is -2.38. The van der Waals surface area contributed by atoms with Crippen molar-refractivity contribution in [2.75, 3.05) is 19.7 Å². The van der Waals surface area contributed by atoms with Crippen molar-refractivity contribution in [2.45, 2.75) is 18.1 Å². The molecule has 0 saturated carbocycles. The van der Waals surface area contributed by atoms with Gasteiger partial charge in [0, 0.05) is 25.2 Å². The van der Waals surface area contributed by atoms with E-state index < -0.39 is 35.5 Å². The lowest BCUT2D eigenvalue weighted by molar-refractivity contribution is -0.142. The number of nitrogens with zero attached hydrogens (tertiary/aromatic N) is 3. The van der Waals surface area contributed by atoms with E-state index in [0.29, 0.717) is 0 Å². The quantitative estimate of drug-likeness (QED) is 0.628. The first kappa shape index (κ1) is 21.0. The fourth-order valence-corrected chi connectivity index (χ4v) is 4.40. The summed E-state index contributed by atoms with van der Waals surface area (Å²) in [6.45, 7) is 0.292. The molecule has 0 unspecified atom stereocenters. The Hall–Kier alpha value is -3.82. The summed E-state index contributed by atoms with van der Waals surface area (Å²) < 4.78 is 45.6. The van der Waals surface area contributed by atoms with E-state index in [4.69, 9.17) is 9.84 Å². The minimum Gasteiger partial charge on any atom is -0.478 e. The second-order valence-corrected chi connectivity index (χ2v) is 8.04. The highest BCUT2D eigenvalue weighted by molar-refractivity contribution is 5.88. The standard InChI is InChI=1S/C23H18F3N3O4/c24-23(25,26)20-18(21(30)31)11-29(27-20)13-9-28(10-13)22(32)33-12-19-16-7-3-1-5-14(16)15-6-2-4-8-17(15)19/h1-8,11,13,19H,9-10,12H2,(H,30,31). The zero-order valence-electron chi connectivity index (χ0n) is 17.1. The molecule has 1 aromatic heterocycles. The number of benzene rings is 2. The van der Waals surface area contributed by atoms with Gasteiger partial charge < -0.3 is 14.7 Å². The summed E-state index contributed by atoms with van der Waals surface area (Å²) in [5, 5.41) is 12.4. The molecule has 1 amide bonds. The summed E-state index contributed by atoms with van der Waals surface area (Å²) in [6.07, 6.45) is -4.60. The van der Waals surface area contributed by atoms with Gasteiger partial charge in [-0.15, -0.1) is 0 Å². The number of amides is 1. The van der Waals surface area contributed by atoms with Gasteiger partial charge in [0.05, 0.1) is 6.04 Å². The summed E-state index contributed by atoms with van der Waals surface area (Å²) in [4.78, 5) is 25.0. The van der Waals surface area contributed by atoms with E-state index in [1.807, 2.05) is 48.5 Å². The molecule has 1 aliphatic carbocycles. The van der Waals surface area contributed by atoms with Crippen LogP contribution < -0.4 is 0 Å². The van der Waals surface area contributed by atoms with Gasteiger partial charge in [-0.05, 0) is 22.3 Å². The maximum absolute atomic E-state index is 13.0. The normalized spacial score (nSPS) is 15.7. The first-order chi connectivity index (χ1) is 15.7. The summed E-state index contributed by atoms with van der Waals surface area (Å²) in [7, 11) is 0. The number of hydrogen-bond acceptors (Lipinski definition) is 4.